The van der Waals surface area contributed by atoms with E-state index >= 15 is 0 Å². The average molecular weight is 570 g/mol. The quantitative estimate of drug-likeness (QED) is 0.260. The number of ether oxygens (including phenoxy) is 1. The SMILES string of the molecule is Cc1cc(Br)c(OCc2ccc(C(=O)N/N=C\c3ccc(C(F)(F)F)cc3)cc2)c(Br)c1. The number of amides is 1. The molecule has 0 aliphatic carbocycles. The molecule has 0 saturated heterocycles. The van der Waals surface area contributed by atoms with Crippen molar-refractivity contribution in [1.82, 2.24) is 5.43 Å². The smallest absolute Gasteiger partial charge is 0.416 e. The molecule has 0 heterocycles. The summed E-state index contributed by atoms with van der Waals surface area (Å²) in [6.45, 7) is 2.30. The monoisotopic (exact) mass is 568 g/mol. The first-order chi connectivity index (χ1) is 15.1. The van der Waals surface area contributed by atoms with Gasteiger partial charge in [-0.3, -0.25) is 4.79 Å². The largest absolute Gasteiger partial charge is 0.487 e. The summed E-state index contributed by atoms with van der Waals surface area (Å²) in [4.78, 5) is 12.2. The summed E-state index contributed by atoms with van der Waals surface area (Å²) >= 11 is 6.97. The number of hydrogen-bond acceptors (Lipinski definition) is 3. The average Bonchev–Trinajstić information content (AvgIpc) is 2.73. The molecule has 0 fully saturated rings. The number of carbonyl (C=O) groups is 1. The molecule has 0 spiro atoms. The van der Waals surface area contributed by atoms with E-state index in [-0.39, 0.29) is 0 Å². The summed E-state index contributed by atoms with van der Waals surface area (Å²) in [7, 11) is 0. The molecule has 1 amide bonds. The molecule has 3 aromatic carbocycles. The molecule has 9 heteroatoms. The number of halogens is 5. The molecule has 4 nitrogen and oxygen atoms in total. The summed E-state index contributed by atoms with van der Waals surface area (Å²) in [6.07, 6.45) is -3.12. The first-order valence-electron chi connectivity index (χ1n) is 9.31. The number of aryl methyl sites for hydroxylation is 1. The molecule has 3 aromatic rings. The van der Waals surface area contributed by atoms with Gasteiger partial charge in [-0.15, -0.1) is 0 Å². The van der Waals surface area contributed by atoms with Crippen molar-refractivity contribution in [2.24, 2.45) is 5.10 Å². The van der Waals surface area contributed by atoms with Crippen LogP contribution in [0.2, 0.25) is 0 Å². The van der Waals surface area contributed by atoms with Crippen LogP contribution in [0.5, 0.6) is 5.75 Å². The second-order valence-electron chi connectivity index (χ2n) is 6.86. The predicted molar refractivity (Wildman–Crippen MR) is 124 cm³/mol. The van der Waals surface area contributed by atoms with Crippen LogP contribution in [0.25, 0.3) is 0 Å². The number of hydrogen-bond donors (Lipinski definition) is 1. The van der Waals surface area contributed by atoms with E-state index < -0.39 is 17.6 Å². The van der Waals surface area contributed by atoms with Crippen molar-refractivity contribution in [3.63, 3.8) is 0 Å². The van der Waals surface area contributed by atoms with Crippen LogP contribution in [0.3, 0.4) is 0 Å². The Bertz CT molecular complexity index is 1110. The molecule has 0 aliphatic rings. The minimum absolute atomic E-state index is 0.314. The molecule has 0 aromatic heterocycles. The van der Waals surface area contributed by atoms with Crippen LogP contribution in [0.15, 0.2) is 74.7 Å². The number of hydrazone groups is 1. The number of carbonyl (C=O) groups excluding carboxylic acids is 1. The molecule has 0 aliphatic heterocycles. The van der Waals surface area contributed by atoms with Crippen molar-refractivity contribution in [3.8, 4) is 5.75 Å². The van der Waals surface area contributed by atoms with E-state index in [0.29, 0.717) is 23.5 Å². The zero-order valence-electron chi connectivity index (χ0n) is 16.7. The van der Waals surface area contributed by atoms with E-state index in [4.69, 9.17) is 4.74 Å². The maximum Gasteiger partial charge on any atom is 0.416 e. The lowest BCUT2D eigenvalue weighted by Gasteiger charge is -2.11. The lowest BCUT2D eigenvalue weighted by Crippen LogP contribution is -2.17. The van der Waals surface area contributed by atoms with Gasteiger partial charge in [0.15, 0.2) is 0 Å². The minimum atomic E-state index is -4.39. The van der Waals surface area contributed by atoms with Gasteiger partial charge < -0.3 is 4.74 Å². The summed E-state index contributed by atoms with van der Waals surface area (Å²) in [6, 6.07) is 15.2. The Kier molecular flexibility index (Phi) is 7.73. The highest BCUT2D eigenvalue weighted by atomic mass is 79.9. The maximum atomic E-state index is 12.6. The highest BCUT2D eigenvalue weighted by molar-refractivity contribution is 9.11. The second kappa shape index (κ2) is 10.3. The van der Waals surface area contributed by atoms with E-state index in [1.54, 1.807) is 24.3 Å². The molecular weight excluding hydrogens is 553 g/mol. The molecular formula is C23H17Br2F3N2O2. The third-order valence-electron chi connectivity index (χ3n) is 4.36. The lowest BCUT2D eigenvalue weighted by molar-refractivity contribution is -0.137. The van der Waals surface area contributed by atoms with Crippen LogP contribution in [0, 0.1) is 6.92 Å². The zero-order valence-corrected chi connectivity index (χ0v) is 19.9. The van der Waals surface area contributed by atoms with Gasteiger partial charge >= 0.3 is 6.18 Å². The number of alkyl halides is 3. The van der Waals surface area contributed by atoms with Gasteiger partial charge in [0.25, 0.3) is 5.91 Å². The third-order valence-corrected chi connectivity index (χ3v) is 5.54. The first kappa shape index (κ1) is 24.0. The molecule has 0 saturated carbocycles. The van der Waals surface area contributed by atoms with Gasteiger partial charge in [-0.25, -0.2) is 5.43 Å². The number of nitrogens with zero attached hydrogens (tertiary/aromatic N) is 1. The third kappa shape index (κ3) is 6.43. The Balaban J connectivity index is 1.55. The molecule has 0 bridgehead atoms. The molecule has 0 unspecified atom stereocenters. The van der Waals surface area contributed by atoms with E-state index in [2.05, 4.69) is 42.4 Å². The van der Waals surface area contributed by atoms with Crippen LogP contribution in [-0.2, 0) is 12.8 Å². The fourth-order valence-electron chi connectivity index (χ4n) is 2.72. The second-order valence-corrected chi connectivity index (χ2v) is 8.57. The fraction of sp³-hybridized carbons (Fsp3) is 0.130. The maximum absolute atomic E-state index is 12.6. The normalized spacial score (nSPS) is 11.6. The summed E-state index contributed by atoms with van der Waals surface area (Å²) in [5.74, 6) is 0.250. The van der Waals surface area contributed by atoms with Gasteiger partial charge in [0.2, 0.25) is 0 Å². The van der Waals surface area contributed by atoms with Gasteiger partial charge in [-0.05, 0) is 91.9 Å². The van der Waals surface area contributed by atoms with E-state index in [0.717, 1.165) is 32.2 Å². The van der Waals surface area contributed by atoms with Crippen molar-refractivity contribution in [2.45, 2.75) is 19.7 Å². The Morgan fingerprint density at radius 3 is 2.19 bits per heavy atom. The lowest BCUT2D eigenvalue weighted by atomic mass is 10.1. The number of benzene rings is 3. The zero-order chi connectivity index (χ0) is 23.3. The van der Waals surface area contributed by atoms with Crippen LogP contribution in [-0.4, -0.2) is 12.1 Å². The minimum Gasteiger partial charge on any atom is -0.487 e. The van der Waals surface area contributed by atoms with Crippen molar-refractivity contribution >= 4 is 44.0 Å². The van der Waals surface area contributed by atoms with Crippen LogP contribution < -0.4 is 10.2 Å². The Morgan fingerprint density at radius 1 is 1.03 bits per heavy atom. The van der Waals surface area contributed by atoms with Crippen LogP contribution in [0.1, 0.15) is 32.6 Å². The number of nitrogens with one attached hydrogen (secondary N) is 1. The Hall–Kier alpha value is -2.65. The van der Waals surface area contributed by atoms with Gasteiger partial charge in [0, 0.05) is 5.56 Å². The molecule has 166 valence electrons. The van der Waals surface area contributed by atoms with Gasteiger partial charge in [0.05, 0.1) is 20.7 Å². The highest BCUT2D eigenvalue weighted by Gasteiger charge is 2.29. The molecule has 0 atom stereocenters. The van der Waals surface area contributed by atoms with E-state index in [1.807, 2.05) is 19.1 Å². The summed E-state index contributed by atoms with van der Waals surface area (Å²) in [5, 5.41) is 3.79. The van der Waals surface area contributed by atoms with Crippen molar-refractivity contribution < 1.29 is 22.7 Å². The van der Waals surface area contributed by atoms with Crippen LogP contribution in [0.4, 0.5) is 13.2 Å². The van der Waals surface area contributed by atoms with Crippen molar-refractivity contribution in [2.75, 3.05) is 0 Å². The summed E-state index contributed by atoms with van der Waals surface area (Å²) < 4.78 is 45.3. The van der Waals surface area contributed by atoms with E-state index in [1.165, 1.54) is 18.3 Å². The summed E-state index contributed by atoms with van der Waals surface area (Å²) in [5.41, 5.74) is 4.38. The Morgan fingerprint density at radius 2 is 1.62 bits per heavy atom. The highest BCUT2D eigenvalue weighted by Crippen LogP contribution is 2.35. The van der Waals surface area contributed by atoms with E-state index in [9.17, 15) is 18.0 Å². The van der Waals surface area contributed by atoms with Crippen molar-refractivity contribution in [3.05, 3.63) is 97.4 Å². The predicted octanol–water partition coefficient (Wildman–Crippen LogP) is 6.88. The topological polar surface area (TPSA) is 50.7 Å². The standard InChI is InChI=1S/C23H17Br2F3N2O2/c1-14-10-19(24)21(20(25)11-14)32-13-16-2-6-17(7-3-16)22(31)30-29-12-15-4-8-18(9-5-15)23(26,27)28/h2-12H,13H2,1H3,(H,30,31)/b29-12-. The van der Waals surface area contributed by atoms with Gasteiger partial charge in [0.1, 0.15) is 12.4 Å². The van der Waals surface area contributed by atoms with Gasteiger partial charge in [-0.2, -0.15) is 18.3 Å². The molecule has 3 rings (SSSR count). The van der Waals surface area contributed by atoms with Crippen molar-refractivity contribution in [1.29, 1.82) is 0 Å². The molecule has 32 heavy (non-hydrogen) atoms. The molecule has 1 N–H and O–H groups in total. The first-order valence-corrected chi connectivity index (χ1v) is 10.9. The number of rotatable bonds is 6. The molecule has 0 radical (unpaired) electrons. The Labute approximate surface area is 199 Å². The van der Waals surface area contributed by atoms with Gasteiger partial charge in [-0.1, -0.05) is 24.3 Å². The fourth-order valence-corrected chi connectivity index (χ4v) is 4.36. The van der Waals surface area contributed by atoms with Crippen LogP contribution >= 0.6 is 31.9 Å².